The summed E-state index contributed by atoms with van der Waals surface area (Å²) in [4.78, 5) is 12.5. The van der Waals surface area contributed by atoms with Crippen molar-refractivity contribution in [2.45, 2.75) is 37.7 Å². The zero-order valence-electron chi connectivity index (χ0n) is 16.3. The summed E-state index contributed by atoms with van der Waals surface area (Å²) in [6.45, 7) is 5.83. The molecule has 27 heavy (non-hydrogen) atoms. The zero-order valence-corrected chi connectivity index (χ0v) is 17.1. The van der Waals surface area contributed by atoms with Crippen LogP contribution in [0.15, 0.2) is 53.4 Å². The molecule has 1 N–H and O–H groups in total. The molecular formula is C20H26N2O4S. The number of hydrogen-bond acceptors (Lipinski definition) is 4. The van der Waals surface area contributed by atoms with Crippen LogP contribution in [-0.2, 0) is 14.8 Å². The first-order valence-corrected chi connectivity index (χ1v) is 10.2. The Morgan fingerprint density at radius 1 is 1.04 bits per heavy atom. The number of benzene rings is 2. The van der Waals surface area contributed by atoms with Gasteiger partial charge in [0, 0.05) is 19.8 Å². The predicted molar refractivity (Wildman–Crippen MR) is 107 cm³/mol. The van der Waals surface area contributed by atoms with E-state index in [1.165, 1.54) is 26.2 Å². The van der Waals surface area contributed by atoms with Crippen molar-refractivity contribution < 1.29 is 17.9 Å². The first kappa shape index (κ1) is 20.9. The van der Waals surface area contributed by atoms with Gasteiger partial charge < -0.3 is 10.1 Å². The molecule has 0 saturated heterocycles. The van der Waals surface area contributed by atoms with Gasteiger partial charge in [-0.15, -0.1) is 0 Å². The number of amides is 1. The number of ether oxygens (including phenoxy) is 1. The summed E-state index contributed by atoms with van der Waals surface area (Å²) >= 11 is 0. The molecule has 0 fully saturated rings. The summed E-state index contributed by atoms with van der Waals surface area (Å²) < 4.78 is 31.3. The van der Waals surface area contributed by atoms with E-state index in [1.54, 1.807) is 25.1 Å². The van der Waals surface area contributed by atoms with Gasteiger partial charge >= 0.3 is 0 Å². The van der Waals surface area contributed by atoms with Crippen LogP contribution in [-0.4, -0.2) is 38.8 Å². The molecule has 1 amide bonds. The quantitative estimate of drug-likeness (QED) is 0.785. The van der Waals surface area contributed by atoms with Gasteiger partial charge in [-0.2, -0.15) is 0 Å². The fourth-order valence-electron chi connectivity index (χ4n) is 2.39. The van der Waals surface area contributed by atoms with Crippen molar-refractivity contribution in [2.24, 2.45) is 0 Å². The number of sulfonamides is 1. The molecule has 0 aliphatic rings. The molecule has 2 aromatic rings. The van der Waals surface area contributed by atoms with Crippen molar-refractivity contribution in [2.75, 3.05) is 19.4 Å². The minimum Gasteiger partial charge on any atom is -0.481 e. The van der Waals surface area contributed by atoms with Gasteiger partial charge in [-0.05, 0) is 48.7 Å². The lowest BCUT2D eigenvalue weighted by Crippen LogP contribution is -2.30. The number of carbonyl (C=O) groups is 1. The third-order valence-corrected chi connectivity index (χ3v) is 5.90. The Morgan fingerprint density at radius 3 is 2.33 bits per heavy atom. The van der Waals surface area contributed by atoms with Crippen LogP contribution in [0, 0.1) is 0 Å². The van der Waals surface area contributed by atoms with Gasteiger partial charge in [0.05, 0.1) is 4.90 Å². The van der Waals surface area contributed by atoms with Crippen LogP contribution in [0.3, 0.4) is 0 Å². The van der Waals surface area contributed by atoms with E-state index in [4.69, 9.17) is 4.74 Å². The minimum atomic E-state index is -3.57. The van der Waals surface area contributed by atoms with Crippen LogP contribution in [0.2, 0.25) is 0 Å². The minimum absolute atomic E-state index is 0.114. The molecule has 1 atom stereocenters. The van der Waals surface area contributed by atoms with Crippen LogP contribution in [0.25, 0.3) is 0 Å². The van der Waals surface area contributed by atoms with Gasteiger partial charge in [0.1, 0.15) is 5.75 Å². The largest absolute Gasteiger partial charge is 0.481 e. The Bertz CT molecular complexity index is 908. The lowest BCUT2D eigenvalue weighted by Gasteiger charge is -2.17. The summed E-state index contributed by atoms with van der Waals surface area (Å²) in [7, 11) is -0.646. The molecule has 0 saturated carbocycles. The fourth-order valence-corrected chi connectivity index (χ4v) is 3.34. The number of anilines is 1. The number of carbonyl (C=O) groups excluding carboxylic acids is 1. The first-order chi connectivity index (χ1) is 12.6. The van der Waals surface area contributed by atoms with E-state index in [9.17, 15) is 13.2 Å². The van der Waals surface area contributed by atoms with E-state index in [2.05, 4.69) is 19.2 Å². The highest BCUT2D eigenvalue weighted by Gasteiger charge is 2.19. The Balaban J connectivity index is 2.10. The number of nitrogens with one attached hydrogen (secondary N) is 1. The highest BCUT2D eigenvalue weighted by Crippen LogP contribution is 2.22. The Morgan fingerprint density at radius 2 is 1.70 bits per heavy atom. The van der Waals surface area contributed by atoms with Crippen molar-refractivity contribution >= 4 is 21.6 Å². The highest BCUT2D eigenvalue weighted by atomic mass is 32.2. The molecule has 7 heteroatoms. The molecule has 0 heterocycles. The smallest absolute Gasteiger partial charge is 0.265 e. The number of hydrogen-bond donors (Lipinski definition) is 1. The van der Waals surface area contributed by atoms with Gasteiger partial charge in [0.25, 0.3) is 5.91 Å². The summed E-state index contributed by atoms with van der Waals surface area (Å²) in [5.41, 5.74) is 1.52. The second-order valence-corrected chi connectivity index (χ2v) is 8.94. The lowest BCUT2D eigenvalue weighted by molar-refractivity contribution is -0.122. The van der Waals surface area contributed by atoms with Gasteiger partial charge in [-0.25, -0.2) is 12.7 Å². The van der Waals surface area contributed by atoms with Crippen molar-refractivity contribution in [1.82, 2.24) is 4.31 Å². The van der Waals surface area contributed by atoms with Crippen LogP contribution in [0.1, 0.15) is 32.3 Å². The van der Waals surface area contributed by atoms with Crippen LogP contribution >= 0.6 is 0 Å². The first-order valence-electron chi connectivity index (χ1n) is 8.71. The summed E-state index contributed by atoms with van der Waals surface area (Å²) in [6, 6.07) is 13.8. The number of nitrogens with zero attached hydrogens (tertiary/aromatic N) is 1. The Kier molecular flexibility index (Phi) is 6.62. The van der Waals surface area contributed by atoms with E-state index in [0.717, 1.165) is 9.87 Å². The van der Waals surface area contributed by atoms with Gasteiger partial charge in [0.15, 0.2) is 6.10 Å². The van der Waals surface area contributed by atoms with Crippen molar-refractivity contribution in [3.05, 3.63) is 54.1 Å². The summed E-state index contributed by atoms with van der Waals surface area (Å²) in [6.07, 6.45) is -0.735. The second-order valence-electron chi connectivity index (χ2n) is 6.79. The molecule has 0 spiro atoms. The van der Waals surface area contributed by atoms with Crippen LogP contribution < -0.4 is 10.1 Å². The second kappa shape index (κ2) is 8.54. The topological polar surface area (TPSA) is 75.7 Å². The lowest BCUT2D eigenvalue weighted by atomic mass is 10.0. The molecule has 6 nitrogen and oxygen atoms in total. The van der Waals surface area contributed by atoms with Gasteiger partial charge in [0.2, 0.25) is 10.0 Å². The number of rotatable bonds is 7. The van der Waals surface area contributed by atoms with Gasteiger partial charge in [-0.3, -0.25) is 4.79 Å². The van der Waals surface area contributed by atoms with E-state index >= 15 is 0 Å². The molecule has 0 radical (unpaired) electrons. The molecule has 0 bridgehead atoms. The third-order valence-electron chi connectivity index (χ3n) is 4.09. The van der Waals surface area contributed by atoms with E-state index < -0.39 is 16.1 Å². The maximum Gasteiger partial charge on any atom is 0.265 e. The monoisotopic (exact) mass is 390 g/mol. The van der Waals surface area contributed by atoms with Crippen LogP contribution in [0.4, 0.5) is 5.69 Å². The van der Waals surface area contributed by atoms with Crippen LogP contribution in [0.5, 0.6) is 5.75 Å². The van der Waals surface area contributed by atoms with E-state index in [1.807, 2.05) is 18.2 Å². The van der Waals surface area contributed by atoms with Crippen molar-refractivity contribution in [3.8, 4) is 5.75 Å². The molecule has 2 aromatic carbocycles. The standard InChI is InChI=1S/C20H26N2O4S/c1-14(2)16-8-6-10-18(12-16)26-15(3)20(23)21-17-9-7-11-19(13-17)27(24,25)22(4)5/h6-15H,1-5H3,(H,21,23). The Hall–Kier alpha value is -2.38. The predicted octanol–water partition coefficient (Wildman–Crippen LogP) is 3.47. The summed E-state index contributed by atoms with van der Waals surface area (Å²) in [5, 5.41) is 2.70. The average Bonchev–Trinajstić information content (AvgIpc) is 2.61. The van der Waals surface area contributed by atoms with Crippen molar-refractivity contribution in [3.63, 3.8) is 0 Å². The maximum atomic E-state index is 12.4. The molecule has 146 valence electrons. The molecule has 0 aliphatic heterocycles. The summed E-state index contributed by atoms with van der Waals surface area (Å²) in [5.74, 6) is 0.621. The van der Waals surface area contributed by atoms with E-state index in [0.29, 0.717) is 17.4 Å². The Labute approximate surface area is 161 Å². The highest BCUT2D eigenvalue weighted by molar-refractivity contribution is 7.89. The molecular weight excluding hydrogens is 364 g/mol. The van der Waals surface area contributed by atoms with Gasteiger partial charge in [-0.1, -0.05) is 32.0 Å². The SMILES string of the molecule is CC(Oc1cccc(C(C)C)c1)C(=O)Nc1cccc(S(=O)(=O)N(C)C)c1. The molecule has 0 aliphatic carbocycles. The molecule has 1 unspecified atom stereocenters. The average molecular weight is 391 g/mol. The zero-order chi connectivity index (χ0) is 20.2. The fraction of sp³-hybridized carbons (Fsp3) is 0.350. The molecule has 2 rings (SSSR count). The maximum absolute atomic E-state index is 12.4. The normalized spacial score (nSPS) is 12.9. The molecule has 0 aromatic heterocycles. The van der Waals surface area contributed by atoms with E-state index in [-0.39, 0.29) is 10.8 Å². The third kappa shape index (κ3) is 5.30. The van der Waals surface area contributed by atoms with Crippen molar-refractivity contribution in [1.29, 1.82) is 0 Å².